The molecule has 2 atom stereocenters. The number of nitrogens with two attached hydrogens (primary N) is 1. The number of hydrogen-bond acceptors (Lipinski definition) is 3. The van der Waals surface area contributed by atoms with Crippen molar-refractivity contribution < 1.29 is 4.74 Å². The van der Waals surface area contributed by atoms with Crippen molar-refractivity contribution in [1.29, 1.82) is 0 Å². The highest BCUT2D eigenvalue weighted by molar-refractivity contribution is 4.69. The fourth-order valence-corrected chi connectivity index (χ4v) is 1.28. The summed E-state index contributed by atoms with van der Waals surface area (Å²) >= 11 is 0. The molecule has 3 heteroatoms. The van der Waals surface area contributed by atoms with Crippen molar-refractivity contribution in [1.82, 2.24) is 5.43 Å². The van der Waals surface area contributed by atoms with Crippen molar-refractivity contribution in [2.45, 2.75) is 39.7 Å². The summed E-state index contributed by atoms with van der Waals surface area (Å²) in [6.45, 7) is 7.86. The Morgan fingerprint density at radius 2 is 2.08 bits per heavy atom. The predicted molar refractivity (Wildman–Crippen MR) is 51.7 cm³/mol. The van der Waals surface area contributed by atoms with Crippen LogP contribution >= 0.6 is 0 Å². The van der Waals surface area contributed by atoms with Gasteiger partial charge in [0.25, 0.3) is 0 Å². The second-order valence-electron chi connectivity index (χ2n) is 3.20. The lowest BCUT2D eigenvalue weighted by molar-refractivity contribution is 0.104. The molecule has 0 aromatic rings. The Hall–Kier alpha value is -0.120. The predicted octanol–water partition coefficient (Wildman–Crippen LogP) is 1.29. The summed E-state index contributed by atoms with van der Waals surface area (Å²) in [6, 6.07) is 0.296. The van der Waals surface area contributed by atoms with Gasteiger partial charge in [0.1, 0.15) is 0 Å². The summed E-state index contributed by atoms with van der Waals surface area (Å²) in [7, 11) is 0. The number of rotatable bonds is 7. The number of hydrazine groups is 1. The Morgan fingerprint density at radius 3 is 2.50 bits per heavy atom. The van der Waals surface area contributed by atoms with E-state index in [0.29, 0.717) is 18.6 Å². The molecule has 0 saturated heterocycles. The fourth-order valence-electron chi connectivity index (χ4n) is 1.28. The normalized spacial score (nSPS) is 16.0. The molecule has 3 N–H and O–H groups in total. The topological polar surface area (TPSA) is 47.3 Å². The van der Waals surface area contributed by atoms with Gasteiger partial charge in [0, 0.05) is 12.6 Å². The number of hydrogen-bond donors (Lipinski definition) is 2. The van der Waals surface area contributed by atoms with Crippen LogP contribution in [0.25, 0.3) is 0 Å². The van der Waals surface area contributed by atoms with E-state index in [-0.39, 0.29) is 0 Å². The van der Waals surface area contributed by atoms with Gasteiger partial charge in [-0.3, -0.25) is 11.3 Å². The maximum Gasteiger partial charge on any atom is 0.0635 e. The van der Waals surface area contributed by atoms with Gasteiger partial charge in [-0.15, -0.1) is 0 Å². The summed E-state index contributed by atoms with van der Waals surface area (Å²) in [4.78, 5) is 0. The molecule has 0 radical (unpaired) electrons. The molecule has 0 aliphatic rings. The van der Waals surface area contributed by atoms with Gasteiger partial charge in [0.2, 0.25) is 0 Å². The Labute approximate surface area is 75.6 Å². The lowest BCUT2D eigenvalue weighted by Crippen LogP contribution is -2.43. The number of nitrogens with one attached hydrogen (secondary N) is 1. The Bertz CT molecular complexity index is 98.5. The molecular formula is C9H22N2O. The molecule has 2 unspecified atom stereocenters. The van der Waals surface area contributed by atoms with E-state index in [1.165, 1.54) is 12.8 Å². The Morgan fingerprint density at radius 1 is 1.42 bits per heavy atom. The molecule has 12 heavy (non-hydrogen) atoms. The van der Waals surface area contributed by atoms with Crippen LogP contribution < -0.4 is 11.3 Å². The summed E-state index contributed by atoms with van der Waals surface area (Å²) in [5.41, 5.74) is 2.80. The molecule has 0 aromatic carbocycles. The quantitative estimate of drug-likeness (QED) is 0.451. The van der Waals surface area contributed by atoms with E-state index in [0.717, 1.165) is 6.61 Å². The molecule has 0 spiro atoms. The zero-order valence-electron chi connectivity index (χ0n) is 8.47. The minimum atomic E-state index is 0.296. The van der Waals surface area contributed by atoms with Crippen molar-refractivity contribution in [3.63, 3.8) is 0 Å². The highest BCUT2D eigenvalue weighted by Gasteiger charge is 2.14. The van der Waals surface area contributed by atoms with Crippen LogP contribution in [-0.2, 0) is 4.74 Å². The first kappa shape index (κ1) is 11.9. The van der Waals surface area contributed by atoms with Gasteiger partial charge in [-0.2, -0.15) is 0 Å². The zero-order valence-corrected chi connectivity index (χ0v) is 8.47. The third-order valence-corrected chi connectivity index (χ3v) is 2.15. The first-order valence-corrected chi connectivity index (χ1v) is 4.80. The first-order valence-electron chi connectivity index (χ1n) is 4.80. The Kier molecular flexibility index (Phi) is 7.45. The van der Waals surface area contributed by atoms with Crippen LogP contribution in [0, 0.1) is 5.92 Å². The minimum Gasteiger partial charge on any atom is -0.380 e. The molecule has 0 aliphatic heterocycles. The van der Waals surface area contributed by atoms with E-state index in [2.05, 4.69) is 19.3 Å². The third kappa shape index (κ3) is 4.70. The molecule has 74 valence electrons. The molecule has 0 rings (SSSR count). The summed E-state index contributed by atoms with van der Waals surface area (Å²) in [5, 5.41) is 0. The first-order chi connectivity index (χ1) is 5.76. The highest BCUT2D eigenvalue weighted by atomic mass is 16.5. The molecule has 0 amide bonds. The van der Waals surface area contributed by atoms with Crippen molar-refractivity contribution in [2.75, 3.05) is 13.2 Å². The van der Waals surface area contributed by atoms with Gasteiger partial charge < -0.3 is 4.74 Å². The van der Waals surface area contributed by atoms with Crippen molar-refractivity contribution in [3.05, 3.63) is 0 Å². The van der Waals surface area contributed by atoms with Crippen LogP contribution in [0.1, 0.15) is 33.6 Å². The van der Waals surface area contributed by atoms with Crippen molar-refractivity contribution in [2.24, 2.45) is 11.8 Å². The van der Waals surface area contributed by atoms with Gasteiger partial charge >= 0.3 is 0 Å². The second kappa shape index (κ2) is 7.53. The van der Waals surface area contributed by atoms with Crippen LogP contribution in [0.4, 0.5) is 0 Å². The van der Waals surface area contributed by atoms with Crippen LogP contribution in [-0.4, -0.2) is 19.3 Å². The molecule has 0 aromatic heterocycles. The summed E-state index contributed by atoms with van der Waals surface area (Å²) in [5.74, 6) is 6.00. The van der Waals surface area contributed by atoms with Crippen LogP contribution in [0.15, 0.2) is 0 Å². The lowest BCUT2D eigenvalue weighted by Gasteiger charge is -2.22. The average molecular weight is 174 g/mol. The minimum absolute atomic E-state index is 0.296. The standard InChI is InChI=1S/C9H22N2O/c1-4-6-8(3)9(11-10)7-12-5-2/h8-9,11H,4-7,10H2,1-3H3. The van der Waals surface area contributed by atoms with Gasteiger partial charge in [0.15, 0.2) is 0 Å². The molecule has 3 nitrogen and oxygen atoms in total. The van der Waals surface area contributed by atoms with Gasteiger partial charge in [-0.25, -0.2) is 0 Å². The fraction of sp³-hybridized carbons (Fsp3) is 1.00. The molecular weight excluding hydrogens is 152 g/mol. The Balaban J connectivity index is 3.62. The summed E-state index contributed by atoms with van der Waals surface area (Å²) < 4.78 is 5.31. The molecule has 0 heterocycles. The van der Waals surface area contributed by atoms with Gasteiger partial charge in [-0.05, 0) is 19.3 Å². The third-order valence-electron chi connectivity index (χ3n) is 2.15. The van der Waals surface area contributed by atoms with Crippen molar-refractivity contribution in [3.8, 4) is 0 Å². The zero-order chi connectivity index (χ0) is 9.40. The maximum absolute atomic E-state index is 5.41. The largest absolute Gasteiger partial charge is 0.380 e. The van der Waals surface area contributed by atoms with Crippen molar-refractivity contribution >= 4 is 0 Å². The molecule has 0 fully saturated rings. The number of ether oxygens (including phenoxy) is 1. The average Bonchev–Trinajstić information content (AvgIpc) is 2.06. The molecule has 0 aliphatic carbocycles. The van der Waals surface area contributed by atoms with E-state index < -0.39 is 0 Å². The molecule has 0 saturated carbocycles. The highest BCUT2D eigenvalue weighted by Crippen LogP contribution is 2.10. The maximum atomic E-state index is 5.41. The van der Waals surface area contributed by atoms with Crippen LogP contribution in [0.5, 0.6) is 0 Å². The van der Waals surface area contributed by atoms with E-state index in [1.54, 1.807) is 0 Å². The lowest BCUT2D eigenvalue weighted by atomic mass is 9.98. The van der Waals surface area contributed by atoms with Crippen LogP contribution in [0.2, 0.25) is 0 Å². The summed E-state index contributed by atoms with van der Waals surface area (Å²) in [6.07, 6.45) is 2.40. The van der Waals surface area contributed by atoms with E-state index in [1.807, 2.05) is 6.92 Å². The van der Waals surface area contributed by atoms with E-state index >= 15 is 0 Å². The van der Waals surface area contributed by atoms with E-state index in [9.17, 15) is 0 Å². The van der Waals surface area contributed by atoms with E-state index in [4.69, 9.17) is 10.6 Å². The monoisotopic (exact) mass is 174 g/mol. The SMILES string of the molecule is CCCC(C)C(COCC)NN. The smallest absolute Gasteiger partial charge is 0.0635 e. The van der Waals surface area contributed by atoms with Gasteiger partial charge in [-0.1, -0.05) is 20.3 Å². The molecule has 0 bridgehead atoms. The van der Waals surface area contributed by atoms with Gasteiger partial charge in [0.05, 0.1) is 6.61 Å². The second-order valence-corrected chi connectivity index (χ2v) is 3.20. The van der Waals surface area contributed by atoms with Crippen LogP contribution in [0.3, 0.4) is 0 Å².